The van der Waals surface area contributed by atoms with Crippen LogP contribution in [0.15, 0.2) is 12.1 Å². The maximum atomic E-state index is 13.9. The highest BCUT2D eigenvalue weighted by Gasteiger charge is 2.26. The Morgan fingerprint density at radius 1 is 1.05 bits per heavy atom. The predicted octanol–water partition coefficient (Wildman–Crippen LogP) is 2.92. The lowest BCUT2D eigenvalue weighted by molar-refractivity contribution is 0.496. The van der Waals surface area contributed by atoms with Crippen molar-refractivity contribution in [2.45, 2.75) is 31.6 Å². The van der Waals surface area contributed by atoms with Crippen molar-refractivity contribution in [3.05, 3.63) is 35.4 Å². The zero-order chi connectivity index (χ0) is 15.1. The van der Waals surface area contributed by atoms with Crippen LogP contribution >= 0.6 is 0 Å². The van der Waals surface area contributed by atoms with E-state index in [2.05, 4.69) is 4.98 Å². The van der Waals surface area contributed by atoms with Crippen LogP contribution < -0.4 is 11.6 Å². The molecule has 112 valence electrons. The summed E-state index contributed by atoms with van der Waals surface area (Å²) in [5.74, 6) is 3.32. The lowest BCUT2D eigenvalue weighted by atomic mass is 10.1. The lowest BCUT2D eigenvalue weighted by Gasteiger charge is -2.08. The molecule has 7 heteroatoms. The van der Waals surface area contributed by atoms with Crippen molar-refractivity contribution in [1.29, 1.82) is 0 Å². The SMILES string of the molecule is Nc1c(-c2cc(F)c(F)cc2F)nc(C2CCCC2)n1N. The second-order valence-electron chi connectivity index (χ2n) is 5.30. The van der Waals surface area contributed by atoms with Crippen LogP contribution in [0.2, 0.25) is 0 Å². The smallest absolute Gasteiger partial charge is 0.161 e. The minimum atomic E-state index is -1.25. The number of hydrogen-bond donors (Lipinski definition) is 2. The highest BCUT2D eigenvalue weighted by molar-refractivity contribution is 5.71. The Morgan fingerprint density at radius 3 is 2.33 bits per heavy atom. The molecule has 2 aromatic rings. The molecular weight excluding hydrogens is 281 g/mol. The van der Waals surface area contributed by atoms with Crippen molar-refractivity contribution >= 4 is 5.82 Å². The number of benzene rings is 1. The largest absolute Gasteiger partial charge is 0.382 e. The van der Waals surface area contributed by atoms with Gasteiger partial charge in [-0.15, -0.1) is 0 Å². The topological polar surface area (TPSA) is 69.9 Å². The van der Waals surface area contributed by atoms with Crippen molar-refractivity contribution in [1.82, 2.24) is 9.66 Å². The lowest BCUT2D eigenvalue weighted by Crippen LogP contribution is -2.17. The summed E-state index contributed by atoms with van der Waals surface area (Å²) in [5, 5.41) is 0. The molecule has 4 nitrogen and oxygen atoms in total. The summed E-state index contributed by atoms with van der Waals surface area (Å²) in [7, 11) is 0. The third-order valence-corrected chi connectivity index (χ3v) is 3.96. The van der Waals surface area contributed by atoms with E-state index >= 15 is 0 Å². The summed E-state index contributed by atoms with van der Waals surface area (Å²) < 4.78 is 41.4. The van der Waals surface area contributed by atoms with Gasteiger partial charge in [0.2, 0.25) is 0 Å². The third-order valence-electron chi connectivity index (χ3n) is 3.96. The number of rotatable bonds is 2. The van der Waals surface area contributed by atoms with Gasteiger partial charge in [-0.2, -0.15) is 0 Å². The molecule has 0 amide bonds. The quantitative estimate of drug-likeness (QED) is 0.661. The zero-order valence-corrected chi connectivity index (χ0v) is 11.2. The van der Waals surface area contributed by atoms with Gasteiger partial charge in [0, 0.05) is 17.5 Å². The number of nitrogen functional groups attached to an aromatic ring is 2. The number of hydrogen-bond acceptors (Lipinski definition) is 3. The Hall–Kier alpha value is -2.18. The molecule has 1 aliphatic carbocycles. The molecular formula is C14H15F3N4. The minimum Gasteiger partial charge on any atom is -0.382 e. The van der Waals surface area contributed by atoms with Crippen LogP contribution in [0.3, 0.4) is 0 Å². The number of anilines is 1. The first-order valence-electron chi connectivity index (χ1n) is 6.77. The number of nitrogens with two attached hydrogens (primary N) is 2. The zero-order valence-electron chi connectivity index (χ0n) is 11.2. The summed E-state index contributed by atoms with van der Waals surface area (Å²) in [6.07, 6.45) is 4.03. The first kappa shape index (κ1) is 13.8. The Morgan fingerprint density at radius 2 is 1.67 bits per heavy atom. The third kappa shape index (κ3) is 2.22. The average Bonchev–Trinajstić information content (AvgIpc) is 3.05. The van der Waals surface area contributed by atoms with Gasteiger partial charge in [-0.1, -0.05) is 12.8 Å². The van der Waals surface area contributed by atoms with E-state index in [9.17, 15) is 13.2 Å². The van der Waals surface area contributed by atoms with Gasteiger partial charge in [-0.3, -0.25) is 0 Å². The molecule has 1 aliphatic rings. The van der Waals surface area contributed by atoms with E-state index in [1.807, 2.05) is 0 Å². The molecule has 1 heterocycles. The molecule has 0 unspecified atom stereocenters. The fourth-order valence-electron chi connectivity index (χ4n) is 2.84. The molecule has 1 saturated carbocycles. The average molecular weight is 296 g/mol. The summed E-state index contributed by atoms with van der Waals surface area (Å²) in [6.45, 7) is 0. The van der Waals surface area contributed by atoms with Gasteiger partial charge in [-0.25, -0.2) is 22.8 Å². The molecule has 21 heavy (non-hydrogen) atoms. The molecule has 1 fully saturated rings. The van der Waals surface area contributed by atoms with Crippen LogP contribution in [-0.2, 0) is 0 Å². The maximum Gasteiger partial charge on any atom is 0.161 e. The van der Waals surface area contributed by atoms with Gasteiger partial charge < -0.3 is 11.6 Å². The van der Waals surface area contributed by atoms with Gasteiger partial charge in [0.25, 0.3) is 0 Å². The monoisotopic (exact) mass is 296 g/mol. The van der Waals surface area contributed by atoms with E-state index in [4.69, 9.17) is 11.6 Å². The van der Waals surface area contributed by atoms with E-state index in [1.54, 1.807) is 0 Å². The Kier molecular flexibility index (Phi) is 3.27. The van der Waals surface area contributed by atoms with E-state index in [0.717, 1.165) is 31.7 Å². The van der Waals surface area contributed by atoms with Gasteiger partial charge in [-0.05, 0) is 18.9 Å². The normalized spacial score (nSPS) is 15.8. The minimum absolute atomic E-state index is 0.0433. The molecule has 3 rings (SSSR count). The number of aromatic nitrogens is 2. The van der Waals surface area contributed by atoms with Crippen molar-refractivity contribution < 1.29 is 13.2 Å². The summed E-state index contributed by atoms with van der Waals surface area (Å²) >= 11 is 0. The van der Waals surface area contributed by atoms with Crippen molar-refractivity contribution in [3.8, 4) is 11.3 Å². The van der Waals surface area contributed by atoms with Gasteiger partial charge in [0.15, 0.2) is 17.5 Å². The van der Waals surface area contributed by atoms with E-state index in [0.29, 0.717) is 11.9 Å². The molecule has 0 spiro atoms. The van der Waals surface area contributed by atoms with Gasteiger partial charge >= 0.3 is 0 Å². The van der Waals surface area contributed by atoms with Crippen molar-refractivity contribution in [3.63, 3.8) is 0 Å². The first-order valence-corrected chi connectivity index (χ1v) is 6.77. The number of imidazole rings is 1. The number of nitrogens with zero attached hydrogens (tertiary/aromatic N) is 2. The van der Waals surface area contributed by atoms with Crippen LogP contribution in [0.4, 0.5) is 19.0 Å². The Balaban J connectivity index is 2.11. The van der Waals surface area contributed by atoms with Crippen LogP contribution in [0.25, 0.3) is 11.3 Å². The summed E-state index contributed by atoms with van der Waals surface area (Å²) in [5.41, 5.74) is 5.72. The van der Waals surface area contributed by atoms with E-state index in [1.165, 1.54) is 4.68 Å². The highest BCUT2D eigenvalue weighted by atomic mass is 19.2. The van der Waals surface area contributed by atoms with Crippen LogP contribution in [-0.4, -0.2) is 9.66 Å². The number of halogens is 3. The Bertz CT molecular complexity index is 690. The van der Waals surface area contributed by atoms with Crippen molar-refractivity contribution in [2.75, 3.05) is 11.6 Å². The van der Waals surface area contributed by atoms with Gasteiger partial charge in [0.05, 0.1) is 0 Å². The predicted molar refractivity (Wildman–Crippen MR) is 73.3 cm³/mol. The fourth-order valence-corrected chi connectivity index (χ4v) is 2.84. The molecule has 4 N–H and O–H groups in total. The molecule has 0 bridgehead atoms. The second kappa shape index (κ2) is 4.98. The van der Waals surface area contributed by atoms with Crippen LogP contribution in [0.1, 0.15) is 37.4 Å². The summed E-state index contributed by atoms with van der Waals surface area (Å²) in [6, 6.07) is 1.23. The Labute approximate surface area is 119 Å². The molecule has 1 aromatic carbocycles. The molecule has 0 radical (unpaired) electrons. The van der Waals surface area contributed by atoms with Crippen molar-refractivity contribution in [2.24, 2.45) is 0 Å². The maximum absolute atomic E-state index is 13.9. The molecule has 1 aromatic heterocycles. The van der Waals surface area contributed by atoms with Crippen LogP contribution in [0.5, 0.6) is 0 Å². The molecule has 0 aliphatic heterocycles. The highest BCUT2D eigenvalue weighted by Crippen LogP contribution is 2.37. The second-order valence-corrected chi connectivity index (χ2v) is 5.30. The van der Waals surface area contributed by atoms with Crippen LogP contribution in [0, 0.1) is 17.5 Å². The fraction of sp³-hybridized carbons (Fsp3) is 0.357. The van der Waals surface area contributed by atoms with E-state index in [-0.39, 0.29) is 23.0 Å². The first-order chi connectivity index (χ1) is 9.99. The standard InChI is InChI=1S/C14H15F3N4/c15-9-6-11(17)10(16)5-8(9)12-13(18)21(19)14(20-12)7-3-1-2-4-7/h5-7H,1-4,18-19H2. The van der Waals surface area contributed by atoms with Gasteiger partial charge in [0.1, 0.15) is 17.3 Å². The van der Waals surface area contributed by atoms with E-state index < -0.39 is 17.5 Å². The summed E-state index contributed by atoms with van der Waals surface area (Å²) in [4.78, 5) is 4.28. The molecule has 0 saturated heterocycles. The molecule has 0 atom stereocenters.